The molecule has 1 N–H and O–H groups in total. The molecular weight excluding hydrogens is 324 g/mol. The molecule has 112 valence electrons. The molecule has 0 amide bonds. The molecule has 0 aliphatic rings. The predicted molar refractivity (Wildman–Crippen MR) is 94.8 cm³/mol. The van der Waals surface area contributed by atoms with Crippen LogP contribution >= 0.6 is 15.9 Å². The molecule has 0 radical (unpaired) electrons. The maximum absolute atomic E-state index is 3.59. The van der Waals surface area contributed by atoms with Gasteiger partial charge in [-0.1, -0.05) is 53.2 Å². The number of hydrogen-bond acceptors (Lipinski definition) is 2. The molecular formula is C18H23BrN2. The number of nitrogens with zero attached hydrogens (tertiary/aromatic N) is 1. The Morgan fingerprint density at radius 2 is 1.86 bits per heavy atom. The zero-order chi connectivity index (χ0) is 15.2. The normalized spacial score (nSPS) is 10.7. The van der Waals surface area contributed by atoms with Gasteiger partial charge in [-0.25, -0.2) is 0 Å². The molecule has 0 aliphatic carbocycles. The fourth-order valence-corrected chi connectivity index (χ4v) is 2.78. The van der Waals surface area contributed by atoms with E-state index < -0.39 is 0 Å². The summed E-state index contributed by atoms with van der Waals surface area (Å²) >= 11 is 3.59. The van der Waals surface area contributed by atoms with Crippen molar-refractivity contribution in [3.8, 4) is 0 Å². The standard InChI is InChI=1S/C18H23BrN2/c1-4-20-12-15-9-10-17(19)11-18(15)21(3)13-16-8-6-5-7-14(16)2/h5-11,20H,4,12-13H2,1-3H3. The Balaban J connectivity index is 2.23. The lowest BCUT2D eigenvalue weighted by atomic mass is 10.1. The van der Waals surface area contributed by atoms with E-state index in [0.29, 0.717) is 0 Å². The third kappa shape index (κ3) is 4.32. The van der Waals surface area contributed by atoms with Crippen LogP contribution in [-0.2, 0) is 13.1 Å². The maximum Gasteiger partial charge on any atom is 0.0428 e. The summed E-state index contributed by atoms with van der Waals surface area (Å²) in [7, 11) is 2.16. The highest BCUT2D eigenvalue weighted by molar-refractivity contribution is 9.10. The van der Waals surface area contributed by atoms with E-state index in [1.807, 2.05) is 0 Å². The van der Waals surface area contributed by atoms with E-state index >= 15 is 0 Å². The van der Waals surface area contributed by atoms with Gasteiger partial charge in [0.25, 0.3) is 0 Å². The molecule has 2 nitrogen and oxygen atoms in total. The summed E-state index contributed by atoms with van der Waals surface area (Å²) in [6.07, 6.45) is 0. The first kappa shape index (κ1) is 16.1. The van der Waals surface area contributed by atoms with Crippen molar-refractivity contribution < 1.29 is 0 Å². The summed E-state index contributed by atoms with van der Waals surface area (Å²) in [6.45, 7) is 7.11. The predicted octanol–water partition coefficient (Wildman–Crippen LogP) is 4.50. The number of rotatable bonds is 6. The van der Waals surface area contributed by atoms with E-state index in [-0.39, 0.29) is 0 Å². The molecule has 0 unspecified atom stereocenters. The van der Waals surface area contributed by atoms with E-state index in [1.54, 1.807) is 0 Å². The van der Waals surface area contributed by atoms with Crippen molar-refractivity contribution in [3.05, 3.63) is 63.6 Å². The van der Waals surface area contributed by atoms with Gasteiger partial charge >= 0.3 is 0 Å². The van der Waals surface area contributed by atoms with Crippen LogP contribution in [0.4, 0.5) is 5.69 Å². The van der Waals surface area contributed by atoms with Crippen molar-refractivity contribution in [2.24, 2.45) is 0 Å². The van der Waals surface area contributed by atoms with Crippen LogP contribution < -0.4 is 10.2 Å². The van der Waals surface area contributed by atoms with Gasteiger partial charge in [-0.05, 0) is 42.3 Å². The molecule has 0 saturated carbocycles. The zero-order valence-electron chi connectivity index (χ0n) is 13.0. The lowest BCUT2D eigenvalue weighted by molar-refractivity contribution is 0.723. The number of hydrogen-bond donors (Lipinski definition) is 1. The molecule has 0 aliphatic heterocycles. The number of anilines is 1. The van der Waals surface area contributed by atoms with Gasteiger partial charge in [-0.15, -0.1) is 0 Å². The van der Waals surface area contributed by atoms with E-state index in [0.717, 1.165) is 24.1 Å². The minimum absolute atomic E-state index is 0.900. The Kier molecular flexibility index (Phi) is 5.83. The lowest BCUT2D eigenvalue weighted by Gasteiger charge is -2.24. The molecule has 0 spiro atoms. The van der Waals surface area contributed by atoms with Gasteiger partial charge in [0.15, 0.2) is 0 Å². The second-order valence-corrected chi connectivity index (χ2v) is 6.25. The molecule has 0 fully saturated rings. The summed E-state index contributed by atoms with van der Waals surface area (Å²) < 4.78 is 1.12. The summed E-state index contributed by atoms with van der Waals surface area (Å²) in [5.74, 6) is 0. The van der Waals surface area contributed by atoms with Crippen molar-refractivity contribution >= 4 is 21.6 Å². The Hall–Kier alpha value is -1.32. The molecule has 0 heterocycles. The molecule has 3 heteroatoms. The van der Waals surface area contributed by atoms with Gasteiger partial charge in [0.2, 0.25) is 0 Å². The average Bonchev–Trinajstić information content (AvgIpc) is 2.48. The number of halogens is 1. The van der Waals surface area contributed by atoms with Gasteiger partial charge in [0.1, 0.15) is 0 Å². The zero-order valence-corrected chi connectivity index (χ0v) is 14.6. The topological polar surface area (TPSA) is 15.3 Å². The van der Waals surface area contributed by atoms with Crippen LogP contribution in [0.5, 0.6) is 0 Å². The lowest BCUT2D eigenvalue weighted by Crippen LogP contribution is -2.21. The summed E-state index contributed by atoms with van der Waals surface area (Å²) in [4.78, 5) is 2.32. The van der Waals surface area contributed by atoms with Crippen molar-refractivity contribution in [1.29, 1.82) is 0 Å². The van der Waals surface area contributed by atoms with Crippen LogP contribution in [0, 0.1) is 6.92 Å². The van der Waals surface area contributed by atoms with E-state index in [9.17, 15) is 0 Å². The SMILES string of the molecule is CCNCc1ccc(Br)cc1N(C)Cc1ccccc1C. The number of benzene rings is 2. The average molecular weight is 347 g/mol. The first-order chi connectivity index (χ1) is 10.1. The fourth-order valence-electron chi connectivity index (χ4n) is 2.43. The van der Waals surface area contributed by atoms with Gasteiger partial charge in [0, 0.05) is 30.3 Å². The maximum atomic E-state index is 3.59. The van der Waals surface area contributed by atoms with Crippen LogP contribution in [0.1, 0.15) is 23.6 Å². The highest BCUT2D eigenvalue weighted by Gasteiger charge is 2.09. The molecule has 0 bridgehead atoms. The summed E-state index contributed by atoms with van der Waals surface area (Å²) in [6, 6.07) is 15.1. The molecule has 0 saturated heterocycles. The van der Waals surface area contributed by atoms with Crippen LogP contribution in [0.25, 0.3) is 0 Å². The van der Waals surface area contributed by atoms with Crippen molar-refractivity contribution in [2.45, 2.75) is 26.9 Å². The molecule has 2 aromatic carbocycles. The minimum Gasteiger partial charge on any atom is -0.370 e. The van der Waals surface area contributed by atoms with Crippen LogP contribution in [0.2, 0.25) is 0 Å². The van der Waals surface area contributed by atoms with Crippen molar-refractivity contribution in [3.63, 3.8) is 0 Å². The quantitative estimate of drug-likeness (QED) is 0.828. The molecule has 2 rings (SSSR count). The second-order valence-electron chi connectivity index (χ2n) is 5.34. The van der Waals surface area contributed by atoms with E-state index in [4.69, 9.17) is 0 Å². The van der Waals surface area contributed by atoms with Gasteiger partial charge < -0.3 is 10.2 Å². The monoisotopic (exact) mass is 346 g/mol. The smallest absolute Gasteiger partial charge is 0.0428 e. The molecule has 2 aromatic rings. The number of aryl methyl sites for hydroxylation is 1. The van der Waals surface area contributed by atoms with Crippen LogP contribution in [0.15, 0.2) is 46.9 Å². The first-order valence-corrected chi connectivity index (χ1v) is 8.16. The van der Waals surface area contributed by atoms with Crippen LogP contribution in [-0.4, -0.2) is 13.6 Å². The molecule has 0 aromatic heterocycles. The highest BCUT2D eigenvalue weighted by atomic mass is 79.9. The fraction of sp³-hybridized carbons (Fsp3) is 0.333. The Morgan fingerprint density at radius 3 is 2.57 bits per heavy atom. The third-order valence-corrected chi connectivity index (χ3v) is 4.19. The van der Waals surface area contributed by atoms with Gasteiger partial charge in [-0.2, -0.15) is 0 Å². The third-order valence-electron chi connectivity index (χ3n) is 3.69. The first-order valence-electron chi connectivity index (χ1n) is 7.36. The Bertz CT molecular complexity index is 596. The molecule has 21 heavy (non-hydrogen) atoms. The van der Waals surface area contributed by atoms with Gasteiger partial charge in [0.05, 0.1) is 0 Å². The summed E-state index contributed by atoms with van der Waals surface area (Å²) in [5, 5.41) is 3.41. The van der Waals surface area contributed by atoms with Crippen LogP contribution in [0.3, 0.4) is 0 Å². The minimum atomic E-state index is 0.900. The highest BCUT2D eigenvalue weighted by Crippen LogP contribution is 2.26. The second kappa shape index (κ2) is 7.62. The summed E-state index contributed by atoms with van der Waals surface area (Å²) in [5.41, 5.74) is 5.31. The Labute approximate surface area is 136 Å². The van der Waals surface area contributed by atoms with Crippen molar-refractivity contribution in [1.82, 2.24) is 5.32 Å². The Morgan fingerprint density at radius 1 is 1.10 bits per heavy atom. The number of nitrogens with one attached hydrogen (secondary N) is 1. The molecule has 0 atom stereocenters. The van der Waals surface area contributed by atoms with Crippen molar-refractivity contribution in [2.75, 3.05) is 18.5 Å². The van der Waals surface area contributed by atoms with E-state index in [2.05, 4.69) is 89.5 Å². The largest absolute Gasteiger partial charge is 0.370 e. The van der Waals surface area contributed by atoms with E-state index in [1.165, 1.54) is 22.4 Å². The van der Waals surface area contributed by atoms with Gasteiger partial charge in [-0.3, -0.25) is 0 Å².